The molecule has 0 spiro atoms. The van der Waals surface area contributed by atoms with Crippen molar-refractivity contribution < 1.29 is 9.53 Å². The van der Waals surface area contributed by atoms with Crippen molar-refractivity contribution >= 4 is 41.5 Å². The quantitative estimate of drug-likeness (QED) is 0.209. The number of nitrogens with zero attached hydrogens (tertiary/aromatic N) is 2. The minimum Gasteiger partial charge on any atom is -0.379 e. The highest BCUT2D eigenvalue weighted by molar-refractivity contribution is 14.0. The maximum absolute atomic E-state index is 12.2. The monoisotopic (exact) mass is 527 g/mol. The van der Waals surface area contributed by atoms with Gasteiger partial charge in [-0.25, -0.2) is 0 Å². The predicted octanol–water partition coefficient (Wildman–Crippen LogP) is 2.14. The van der Waals surface area contributed by atoms with Gasteiger partial charge in [-0.1, -0.05) is 25.8 Å². The van der Waals surface area contributed by atoms with Gasteiger partial charge < -0.3 is 20.7 Å². The average Bonchev–Trinajstić information content (AvgIpc) is 2.73. The molecule has 3 N–H and O–H groups in total. The van der Waals surface area contributed by atoms with Crippen LogP contribution in [-0.2, 0) is 9.53 Å². The van der Waals surface area contributed by atoms with Gasteiger partial charge in [0.25, 0.3) is 0 Å². The van der Waals surface area contributed by atoms with Crippen LogP contribution in [0.15, 0.2) is 29.3 Å². The Kier molecular flexibility index (Phi) is 12.4. The zero-order chi connectivity index (χ0) is 21.1. The summed E-state index contributed by atoms with van der Waals surface area (Å²) >= 11 is 0. The molecule has 0 radical (unpaired) electrons. The van der Waals surface area contributed by atoms with E-state index in [4.69, 9.17) is 11.2 Å². The Morgan fingerprint density at radius 1 is 1.30 bits per heavy atom. The molecule has 1 fully saturated rings. The van der Waals surface area contributed by atoms with Gasteiger partial charge >= 0.3 is 0 Å². The third-order valence-electron chi connectivity index (χ3n) is 4.76. The first-order chi connectivity index (χ1) is 14.0. The first-order valence-corrected chi connectivity index (χ1v) is 10.1. The minimum absolute atomic E-state index is 0. The molecule has 1 amide bonds. The molecule has 7 nitrogen and oxygen atoms in total. The maximum Gasteiger partial charge on any atom is 0.243 e. The van der Waals surface area contributed by atoms with Crippen molar-refractivity contribution in [2.75, 3.05) is 51.8 Å². The number of rotatable bonds is 8. The van der Waals surface area contributed by atoms with E-state index < -0.39 is 0 Å². The van der Waals surface area contributed by atoms with E-state index >= 15 is 0 Å². The zero-order valence-corrected chi connectivity index (χ0v) is 20.4. The number of halogens is 1. The Balaban J connectivity index is 0.00000450. The van der Waals surface area contributed by atoms with Crippen LogP contribution in [0.1, 0.15) is 25.8 Å². The molecule has 0 bridgehead atoms. The van der Waals surface area contributed by atoms with Gasteiger partial charge in [0.15, 0.2) is 5.96 Å². The average molecular weight is 527 g/mol. The SMILES string of the molecule is C#Cc1cccc(NC(=O)CNC(=NC)NCC(CC(C)C)N2CCOCC2)c1.I. The molecule has 2 rings (SSSR count). The second-order valence-corrected chi connectivity index (χ2v) is 7.51. The standard InChI is InChI=1S/C22H33N5O2.HI/c1-5-18-7-6-8-19(14-18)26-21(28)16-25-22(23-4)24-15-20(13-17(2)3)27-9-11-29-12-10-27;/h1,6-8,14,17,20H,9-13,15-16H2,2-4H3,(H,26,28)(H2,23,24,25);1H. The molecule has 0 saturated carbocycles. The van der Waals surface area contributed by atoms with Crippen LogP contribution < -0.4 is 16.0 Å². The fourth-order valence-electron chi connectivity index (χ4n) is 3.34. The predicted molar refractivity (Wildman–Crippen MR) is 133 cm³/mol. The summed E-state index contributed by atoms with van der Waals surface area (Å²) in [5.41, 5.74) is 1.41. The molecule has 1 aliphatic rings. The molecule has 1 aliphatic heterocycles. The number of benzene rings is 1. The molecular weight excluding hydrogens is 493 g/mol. The molecule has 1 aromatic rings. The summed E-state index contributed by atoms with van der Waals surface area (Å²) in [5, 5.41) is 9.27. The Labute approximate surface area is 197 Å². The molecule has 1 heterocycles. The van der Waals surface area contributed by atoms with Crippen LogP contribution in [0.2, 0.25) is 0 Å². The highest BCUT2D eigenvalue weighted by Gasteiger charge is 2.22. The van der Waals surface area contributed by atoms with E-state index in [1.165, 1.54) is 0 Å². The molecule has 1 unspecified atom stereocenters. The van der Waals surface area contributed by atoms with Gasteiger partial charge in [0.2, 0.25) is 5.91 Å². The lowest BCUT2D eigenvalue weighted by Crippen LogP contribution is -2.51. The zero-order valence-electron chi connectivity index (χ0n) is 18.1. The molecule has 0 aliphatic carbocycles. The van der Waals surface area contributed by atoms with E-state index in [2.05, 4.69) is 45.6 Å². The number of carbonyl (C=O) groups excluding carboxylic acids is 1. The molecule has 1 saturated heterocycles. The summed E-state index contributed by atoms with van der Waals surface area (Å²) in [4.78, 5) is 18.9. The first kappa shape index (κ1) is 26.2. The molecule has 8 heteroatoms. The fraction of sp³-hybridized carbons (Fsp3) is 0.545. The van der Waals surface area contributed by atoms with Crippen molar-refractivity contribution in [1.82, 2.24) is 15.5 Å². The fourth-order valence-corrected chi connectivity index (χ4v) is 3.34. The second kappa shape index (κ2) is 14.2. The number of terminal acetylenes is 1. The number of guanidine groups is 1. The van der Waals surface area contributed by atoms with Gasteiger partial charge in [-0.15, -0.1) is 30.4 Å². The van der Waals surface area contributed by atoms with Crippen molar-refractivity contribution in [1.29, 1.82) is 0 Å². The third kappa shape index (κ3) is 9.32. The number of anilines is 1. The summed E-state index contributed by atoms with van der Waals surface area (Å²) in [5.74, 6) is 3.61. The van der Waals surface area contributed by atoms with Crippen molar-refractivity contribution in [2.45, 2.75) is 26.3 Å². The highest BCUT2D eigenvalue weighted by atomic mass is 127. The van der Waals surface area contributed by atoms with E-state index in [0.717, 1.165) is 44.8 Å². The Hall–Kier alpha value is -1.83. The number of hydrogen-bond donors (Lipinski definition) is 3. The number of amides is 1. The van der Waals surface area contributed by atoms with Crippen LogP contribution in [-0.4, -0.2) is 69.2 Å². The van der Waals surface area contributed by atoms with Crippen molar-refractivity contribution in [2.24, 2.45) is 10.9 Å². The van der Waals surface area contributed by atoms with Crippen LogP contribution >= 0.6 is 24.0 Å². The van der Waals surface area contributed by atoms with Gasteiger partial charge in [-0.05, 0) is 30.5 Å². The molecular formula is C22H34IN5O2. The van der Waals surface area contributed by atoms with Crippen LogP contribution in [0.5, 0.6) is 0 Å². The van der Waals surface area contributed by atoms with E-state index in [0.29, 0.717) is 23.6 Å². The largest absolute Gasteiger partial charge is 0.379 e. The van der Waals surface area contributed by atoms with E-state index in [9.17, 15) is 4.79 Å². The van der Waals surface area contributed by atoms with Crippen molar-refractivity contribution in [3.63, 3.8) is 0 Å². The smallest absolute Gasteiger partial charge is 0.243 e. The maximum atomic E-state index is 12.2. The van der Waals surface area contributed by atoms with E-state index in [1.54, 1.807) is 13.1 Å². The topological polar surface area (TPSA) is 78.0 Å². The van der Waals surface area contributed by atoms with E-state index in [-0.39, 0.29) is 36.4 Å². The summed E-state index contributed by atoms with van der Waals surface area (Å²) in [7, 11) is 1.70. The number of aliphatic imine (C=N–C) groups is 1. The third-order valence-corrected chi connectivity index (χ3v) is 4.76. The van der Waals surface area contributed by atoms with E-state index in [1.807, 2.05) is 18.2 Å². The summed E-state index contributed by atoms with van der Waals surface area (Å²) in [6, 6.07) is 7.62. The van der Waals surface area contributed by atoms with Crippen LogP contribution in [0, 0.1) is 18.3 Å². The Morgan fingerprint density at radius 2 is 2.03 bits per heavy atom. The minimum atomic E-state index is -0.158. The van der Waals surface area contributed by atoms with Gasteiger partial charge in [0.1, 0.15) is 0 Å². The Bertz CT molecular complexity index is 726. The van der Waals surface area contributed by atoms with Crippen LogP contribution in [0.3, 0.4) is 0 Å². The number of carbonyl (C=O) groups is 1. The lowest BCUT2D eigenvalue weighted by atomic mass is 10.0. The van der Waals surface area contributed by atoms with Crippen molar-refractivity contribution in [3.8, 4) is 12.3 Å². The molecule has 30 heavy (non-hydrogen) atoms. The second-order valence-electron chi connectivity index (χ2n) is 7.51. The molecule has 166 valence electrons. The highest BCUT2D eigenvalue weighted by Crippen LogP contribution is 2.13. The van der Waals surface area contributed by atoms with Gasteiger partial charge in [-0.3, -0.25) is 14.7 Å². The lowest BCUT2D eigenvalue weighted by molar-refractivity contribution is -0.115. The number of hydrogen-bond acceptors (Lipinski definition) is 4. The summed E-state index contributed by atoms with van der Waals surface area (Å²) in [6.45, 7) is 8.82. The summed E-state index contributed by atoms with van der Waals surface area (Å²) in [6.07, 6.45) is 6.49. The lowest BCUT2D eigenvalue weighted by Gasteiger charge is -2.35. The number of ether oxygens (including phenoxy) is 1. The van der Waals surface area contributed by atoms with Crippen LogP contribution in [0.4, 0.5) is 5.69 Å². The number of morpholine rings is 1. The van der Waals surface area contributed by atoms with Gasteiger partial charge in [-0.2, -0.15) is 0 Å². The van der Waals surface area contributed by atoms with Crippen molar-refractivity contribution in [3.05, 3.63) is 29.8 Å². The molecule has 0 aromatic heterocycles. The van der Waals surface area contributed by atoms with Crippen LogP contribution in [0.25, 0.3) is 0 Å². The van der Waals surface area contributed by atoms with Gasteiger partial charge in [0, 0.05) is 44.0 Å². The normalized spacial score (nSPS) is 15.6. The Morgan fingerprint density at radius 3 is 2.67 bits per heavy atom. The molecule has 1 aromatic carbocycles. The molecule has 1 atom stereocenters. The van der Waals surface area contributed by atoms with Gasteiger partial charge in [0.05, 0.1) is 19.8 Å². The summed E-state index contributed by atoms with van der Waals surface area (Å²) < 4.78 is 5.48. The first-order valence-electron chi connectivity index (χ1n) is 10.1. The number of nitrogens with one attached hydrogen (secondary N) is 3.